The lowest BCUT2D eigenvalue weighted by molar-refractivity contribution is 0.420. The summed E-state index contributed by atoms with van der Waals surface area (Å²) in [5, 5.41) is 2.80. The van der Waals surface area contributed by atoms with Crippen molar-refractivity contribution in [2.45, 2.75) is 65.2 Å². The van der Waals surface area contributed by atoms with Gasteiger partial charge in [-0.1, -0.05) is 143 Å². The smallest absolute Gasteiger partial charge is 0.0290 e. The van der Waals surface area contributed by atoms with Gasteiger partial charge in [-0.15, -0.1) is 0 Å². The fraction of sp³-hybridized carbons (Fsp3) is 0.277. The minimum Gasteiger partial charge on any atom is -0.0839 e. The summed E-state index contributed by atoms with van der Waals surface area (Å²) in [5.74, 6) is 0.544. The zero-order valence-corrected chi connectivity index (χ0v) is 28.1. The van der Waals surface area contributed by atoms with Crippen LogP contribution in [-0.2, 0) is 11.8 Å². The van der Waals surface area contributed by atoms with Gasteiger partial charge in [0.05, 0.1) is 0 Å². The summed E-state index contributed by atoms with van der Waals surface area (Å²) in [7, 11) is 0. The third-order valence-corrected chi connectivity index (χ3v) is 12.7. The lowest BCUT2D eigenvalue weighted by Gasteiger charge is -2.37. The molecule has 1 fully saturated rings. The highest BCUT2D eigenvalue weighted by Crippen LogP contribution is 2.69. The van der Waals surface area contributed by atoms with Crippen molar-refractivity contribution in [3.05, 3.63) is 170 Å². The summed E-state index contributed by atoms with van der Waals surface area (Å²) in [4.78, 5) is 0. The van der Waals surface area contributed by atoms with Crippen LogP contribution in [0.15, 0.2) is 126 Å². The van der Waals surface area contributed by atoms with Gasteiger partial charge in [-0.05, 0) is 127 Å². The van der Waals surface area contributed by atoms with E-state index in [-0.39, 0.29) is 16.2 Å². The van der Waals surface area contributed by atoms with Gasteiger partial charge in [-0.3, -0.25) is 0 Å². The summed E-state index contributed by atoms with van der Waals surface area (Å²) in [5.41, 5.74) is 19.3. The van der Waals surface area contributed by atoms with E-state index in [9.17, 15) is 0 Å². The van der Waals surface area contributed by atoms with Gasteiger partial charge in [0.2, 0.25) is 0 Å². The lowest BCUT2D eigenvalue weighted by Crippen LogP contribution is -2.39. The normalized spacial score (nSPS) is 25.0. The molecule has 10 rings (SSSR count). The molecule has 0 saturated heterocycles. The average Bonchev–Trinajstić information content (AvgIpc) is 3.82. The van der Waals surface area contributed by atoms with Crippen LogP contribution in [0.2, 0.25) is 0 Å². The van der Waals surface area contributed by atoms with Gasteiger partial charge < -0.3 is 0 Å². The average molecular weight is 607 g/mol. The molecule has 47 heavy (non-hydrogen) atoms. The molecule has 0 aliphatic heterocycles. The molecule has 0 aromatic heterocycles. The predicted octanol–water partition coefficient (Wildman–Crippen LogP) is 9.98. The summed E-state index contributed by atoms with van der Waals surface area (Å²) in [6.07, 6.45) is 18.1. The van der Waals surface area contributed by atoms with Gasteiger partial charge in [0.25, 0.3) is 0 Å². The van der Waals surface area contributed by atoms with Crippen molar-refractivity contribution in [1.29, 1.82) is 0 Å². The number of benzene rings is 4. The van der Waals surface area contributed by atoms with Crippen LogP contribution in [0.1, 0.15) is 86.8 Å². The second-order valence-electron chi connectivity index (χ2n) is 16.1. The van der Waals surface area contributed by atoms with Crippen molar-refractivity contribution in [3.63, 3.8) is 0 Å². The molecular formula is C47H42. The minimum atomic E-state index is -0.0205. The molecule has 6 aliphatic carbocycles. The Morgan fingerprint density at radius 2 is 1.49 bits per heavy atom. The van der Waals surface area contributed by atoms with Crippen molar-refractivity contribution >= 4 is 16.7 Å². The van der Waals surface area contributed by atoms with Crippen LogP contribution in [0.4, 0.5) is 0 Å². The van der Waals surface area contributed by atoms with Crippen LogP contribution in [0.25, 0.3) is 27.8 Å². The Bertz CT molecular complexity index is 2330. The molecule has 230 valence electrons. The zero-order chi connectivity index (χ0) is 31.7. The number of rotatable bonds is 2. The predicted molar refractivity (Wildman–Crippen MR) is 196 cm³/mol. The van der Waals surface area contributed by atoms with E-state index in [4.69, 9.17) is 0 Å². The lowest BCUT2D eigenvalue weighted by atomic mass is 9.67. The number of fused-ring (bicyclic) bond motifs is 6. The van der Waals surface area contributed by atoms with E-state index in [1.165, 1.54) is 97.3 Å². The Hall–Kier alpha value is -4.42. The molecule has 0 amide bonds. The van der Waals surface area contributed by atoms with Crippen molar-refractivity contribution in [1.82, 2.24) is 0 Å². The zero-order valence-electron chi connectivity index (χ0n) is 28.1. The van der Waals surface area contributed by atoms with Crippen molar-refractivity contribution in [3.8, 4) is 11.1 Å². The molecule has 1 saturated carbocycles. The van der Waals surface area contributed by atoms with E-state index in [0.29, 0.717) is 5.92 Å². The first-order valence-electron chi connectivity index (χ1n) is 17.8. The van der Waals surface area contributed by atoms with Gasteiger partial charge in [-0.25, -0.2) is 0 Å². The molecule has 0 N–H and O–H groups in total. The molecule has 0 heterocycles. The fourth-order valence-electron chi connectivity index (χ4n) is 10.4. The summed E-state index contributed by atoms with van der Waals surface area (Å²) in [6.45, 7) is 9.74. The molecule has 4 aromatic rings. The van der Waals surface area contributed by atoms with Crippen molar-refractivity contribution in [2.24, 2.45) is 16.7 Å². The summed E-state index contributed by atoms with van der Waals surface area (Å²) < 4.78 is 0. The molecule has 0 nitrogen and oxygen atoms in total. The Morgan fingerprint density at radius 1 is 0.723 bits per heavy atom. The number of hydrogen-bond donors (Lipinski definition) is 0. The van der Waals surface area contributed by atoms with Crippen LogP contribution in [0.5, 0.6) is 0 Å². The monoisotopic (exact) mass is 606 g/mol. The van der Waals surface area contributed by atoms with Gasteiger partial charge in [0, 0.05) is 10.8 Å². The van der Waals surface area contributed by atoms with Gasteiger partial charge >= 0.3 is 0 Å². The van der Waals surface area contributed by atoms with Crippen LogP contribution >= 0.6 is 0 Å². The molecule has 4 aromatic carbocycles. The number of hydrogen-bond acceptors (Lipinski definition) is 0. The maximum atomic E-state index is 2.59. The number of allylic oxidation sites excluding steroid dienone is 8. The topological polar surface area (TPSA) is 0 Å². The van der Waals surface area contributed by atoms with E-state index >= 15 is 0 Å². The highest BCUT2D eigenvalue weighted by atomic mass is 14.6. The third kappa shape index (κ3) is 3.65. The second-order valence-corrected chi connectivity index (χ2v) is 16.1. The molecule has 0 heteroatoms. The van der Waals surface area contributed by atoms with Crippen molar-refractivity contribution < 1.29 is 0 Å². The fourth-order valence-corrected chi connectivity index (χ4v) is 10.4. The molecule has 2 atom stereocenters. The van der Waals surface area contributed by atoms with Gasteiger partial charge in [0.15, 0.2) is 0 Å². The van der Waals surface area contributed by atoms with E-state index in [1.807, 2.05) is 0 Å². The quantitative estimate of drug-likeness (QED) is 0.213. The molecule has 2 unspecified atom stereocenters. The Balaban J connectivity index is 1.22. The standard InChI is InChI=1S/C47H42/c1-45(2)27-31-25-30(22-23-33(31)34-14-6-5-7-18-39(34)45)44-38-17-9-8-16-37(38)43(41-20-12-13-32-28-47(32,41)44)29-21-24-36-35-15-10-11-19-40(35)46(3,4)42(36)26-29/h6,8-17,19-26,32H,5,7,18,27-28H2,1-4H3. The van der Waals surface area contributed by atoms with Crippen LogP contribution < -0.4 is 10.4 Å². The van der Waals surface area contributed by atoms with Crippen LogP contribution in [-0.4, -0.2) is 0 Å². The first-order chi connectivity index (χ1) is 22.8. The molecule has 6 aliphatic rings. The van der Waals surface area contributed by atoms with E-state index < -0.39 is 0 Å². The molecule has 1 spiro atoms. The molecular weight excluding hydrogens is 565 g/mol. The van der Waals surface area contributed by atoms with E-state index in [1.54, 1.807) is 11.1 Å². The Kier molecular flexibility index (Phi) is 5.50. The highest BCUT2D eigenvalue weighted by Gasteiger charge is 2.60. The molecule has 0 bridgehead atoms. The van der Waals surface area contributed by atoms with Crippen LogP contribution in [0.3, 0.4) is 0 Å². The second kappa shape index (κ2) is 9.35. The van der Waals surface area contributed by atoms with E-state index in [2.05, 4.69) is 143 Å². The van der Waals surface area contributed by atoms with E-state index in [0.717, 1.165) is 6.42 Å². The van der Waals surface area contributed by atoms with Crippen molar-refractivity contribution in [2.75, 3.05) is 0 Å². The molecule has 0 radical (unpaired) electrons. The minimum absolute atomic E-state index is 0.0205. The SMILES string of the molecule is CC1(C)Cc2cc(C3=c4ccccc4=C(c4ccc5c(c4)C(C)(C)c4ccccc4-5)C4=CC=CC5CC435)ccc2C2=C1CCCC=C2. The third-order valence-electron chi connectivity index (χ3n) is 12.7. The van der Waals surface area contributed by atoms with Gasteiger partial charge in [-0.2, -0.15) is 0 Å². The maximum Gasteiger partial charge on any atom is 0.0290 e. The van der Waals surface area contributed by atoms with Gasteiger partial charge in [0.1, 0.15) is 0 Å². The Morgan fingerprint density at radius 3 is 2.38 bits per heavy atom. The summed E-state index contributed by atoms with van der Waals surface area (Å²) in [6, 6.07) is 33.2. The Labute approximate surface area is 279 Å². The van der Waals surface area contributed by atoms with Crippen LogP contribution in [0, 0.1) is 16.7 Å². The maximum absolute atomic E-state index is 2.59. The first-order valence-corrected chi connectivity index (χ1v) is 17.8. The highest BCUT2D eigenvalue weighted by molar-refractivity contribution is 5.95. The summed E-state index contributed by atoms with van der Waals surface area (Å²) >= 11 is 0. The first kappa shape index (κ1) is 27.7. The largest absolute Gasteiger partial charge is 0.0839 e.